The zero-order valence-corrected chi connectivity index (χ0v) is 71.2. The molecule has 0 amide bonds. The van der Waals surface area contributed by atoms with E-state index in [0.717, 1.165) is 60.5 Å². The van der Waals surface area contributed by atoms with Crippen LogP contribution in [0.15, 0.2) is 250 Å². The van der Waals surface area contributed by atoms with Crippen LogP contribution in [0.25, 0.3) is 5.69 Å². The monoisotopic (exact) mass is 1890 g/mol. The third-order valence-electron chi connectivity index (χ3n) is 12.3. The van der Waals surface area contributed by atoms with Crippen LogP contribution in [-0.2, 0) is 107 Å². The number of carbonyl (C=O) groups excluding carboxylic acids is 2. The van der Waals surface area contributed by atoms with Crippen molar-refractivity contribution >= 4 is 86.9 Å². The summed E-state index contributed by atoms with van der Waals surface area (Å²) in [6.07, 6.45) is 36.6. The molecule has 0 saturated carbocycles. The molecule has 6 aromatic rings. The average molecular weight is 1890 g/mol. The predicted octanol–water partition coefficient (Wildman–Crippen LogP) is 3.75. The molecule has 0 fully saturated rings. The van der Waals surface area contributed by atoms with E-state index < -0.39 is 50.6 Å². The van der Waals surface area contributed by atoms with E-state index in [2.05, 4.69) is 77.0 Å². The molecule has 11 rings (SSSR count). The SMILES string of the molecule is C1=CCCC=C=CCCC=1.CCC.CCC.CN1C=CN(c2ccc(S(=O)(=O)[O-])cc2)[CH-]1.CN1C=CN(c2ccc(S(=O)(=O)[O-])cc2)[CH-]1.CN1C=CN(c2ccc(S(=O)(=O)[O-])cc2)[CH-]1.C[n+]1ccn(-c2ccc(S(=O)(=O)[O-])cc2)c1.O=S(=O)([O-])c1ccc(N2C=CC[CH-]2)cc1.[CH-]=O.[CH-]=O.[Ir+3].[Ir].[Na+].[Na+]. The molecule has 5 aromatic carbocycles. The molecule has 5 aliphatic rings. The number of rotatable bonds is 10. The van der Waals surface area contributed by atoms with Gasteiger partial charge in [0.15, 0.2) is 0 Å². The van der Waals surface area contributed by atoms with E-state index in [0.29, 0.717) is 0 Å². The van der Waals surface area contributed by atoms with Crippen molar-refractivity contribution < 1.29 is 178 Å². The van der Waals surface area contributed by atoms with Crippen molar-refractivity contribution in [2.45, 2.75) is 97.1 Å². The van der Waals surface area contributed by atoms with E-state index in [1.54, 1.807) is 60.7 Å². The molecule has 0 spiro atoms. The predicted molar refractivity (Wildman–Crippen MR) is 373 cm³/mol. The molecular formula is C68H79Ir2N9Na2O17S5-5. The molecule has 4 aliphatic heterocycles. The number of hydrogen-bond acceptors (Lipinski definition) is 24. The number of allylic oxidation sites excluding steroid dienone is 2. The number of aromatic nitrogens is 2. The molecule has 1 radical (unpaired) electrons. The largest absolute Gasteiger partial charge is 3.00 e. The van der Waals surface area contributed by atoms with Crippen LogP contribution in [0.3, 0.4) is 0 Å². The molecule has 0 unspecified atom stereocenters. The third-order valence-corrected chi connectivity index (χ3v) is 16.5. The van der Waals surface area contributed by atoms with E-state index >= 15 is 0 Å². The molecule has 35 heteroatoms. The number of aryl methyl sites for hydroxylation is 1. The van der Waals surface area contributed by atoms with Crippen molar-refractivity contribution in [3.05, 3.63) is 252 Å². The number of hydrogen-bond donors (Lipinski definition) is 0. The number of anilines is 4. The Bertz CT molecular complexity index is 4030. The molecule has 103 heavy (non-hydrogen) atoms. The van der Waals surface area contributed by atoms with E-state index in [-0.39, 0.29) is 124 Å². The molecule has 0 atom stereocenters. The third kappa shape index (κ3) is 39.3. The van der Waals surface area contributed by atoms with Gasteiger partial charge in [0.25, 0.3) is 0 Å². The second-order valence-electron chi connectivity index (χ2n) is 20.6. The summed E-state index contributed by atoms with van der Waals surface area (Å²) >= 11 is 0. The van der Waals surface area contributed by atoms with Crippen LogP contribution in [0.2, 0.25) is 0 Å². The average Bonchev–Trinajstić information content (AvgIpc) is 1.85. The van der Waals surface area contributed by atoms with Gasteiger partial charge >= 0.3 is 79.2 Å². The van der Waals surface area contributed by atoms with Crippen LogP contribution < -0.4 is 83.3 Å². The van der Waals surface area contributed by atoms with Crippen LogP contribution in [0, 0.1) is 26.6 Å². The van der Waals surface area contributed by atoms with Crippen molar-refractivity contribution in [2.24, 2.45) is 7.05 Å². The Morgan fingerprint density at radius 3 is 0.825 bits per heavy atom. The summed E-state index contributed by atoms with van der Waals surface area (Å²) in [5, 5.41) is 0. The minimum atomic E-state index is -4.36. The molecule has 0 bridgehead atoms. The summed E-state index contributed by atoms with van der Waals surface area (Å²) in [5.41, 5.74) is 10.3. The summed E-state index contributed by atoms with van der Waals surface area (Å²) in [6.45, 7) is 22.5. The second kappa shape index (κ2) is 52.1. The zero-order chi connectivity index (χ0) is 74.4. The van der Waals surface area contributed by atoms with Crippen molar-refractivity contribution in [2.75, 3.05) is 40.7 Å². The molecule has 0 N–H and O–H groups in total. The summed E-state index contributed by atoms with van der Waals surface area (Å²) < 4.78 is 164. The summed E-state index contributed by atoms with van der Waals surface area (Å²) in [6, 6.07) is 29.0. The van der Waals surface area contributed by atoms with Gasteiger partial charge in [0.05, 0.1) is 31.5 Å². The van der Waals surface area contributed by atoms with Gasteiger partial charge < -0.3 is 66.7 Å². The van der Waals surface area contributed by atoms with Crippen molar-refractivity contribution in [1.29, 1.82) is 0 Å². The first-order valence-corrected chi connectivity index (χ1v) is 36.8. The van der Waals surface area contributed by atoms with Gasteiger partial charge in [-0.1, -0.05) is 46.6 Å². The molecule has 26 nitrogen and oxygen atoms in total. The minimum Gasteiger partial charge on any atom is -0.744 e. The maximum atomic E-state index is 10.7. The number of benzene rings is 5. The Morgan fingerprint density at radius 1 is 0.408 bits per heavy atom. The maximum absolute atomic E-state index is 10.7. The van der Waals surface area contributed by atoms with Gasteiger partial charge in [0.1, 0.15) is 68.7 Å². The van der Waals surface area contributed by atoms with Gasteiger partial charge in [-0.2, -0.15) is 20.0 Å². The second-order valence-corrected chi connectivity index (χ2v) is 27.5. The van der Waals surface area contributed by atoms with Crippen molar-refractivity contribution in [1.82, 2.24) is 19.3 Å². The number of imidazole rings is 1. The number of nitrogens with zero attached hydrogens (tertiary/aromatic N) is 9. The molecule has 553 valence electrons. The van der Waals surface area contributed by atoms with Gasteiger partial charge in [-0.05, 0) is 236 Å². The van der Waals surface area contributed by atoms with E-state index in [9.17, 15) is 64.9 Å². The van der Waals surface area contributed by atoms with Crippen LogP contribution >= 0.6 is 0 Å². The van der Waals surface area contributed by atoms with Crippen molar-refractivity contribution in [3.8, 4) is 5.69 Å². The van der Waals surface area contributed by atoms with Crippen LogP contribution in [-0.4, -0.2) is 119 Å². The van der Waals surface area contributed by atoms with Gasteiger partial charge in [-0.25, -0.2) is 57.8 Å². The van der Waals surface area contributed by atoms with Gasteiger partial charge in [-0.3, -0.25) is 13.6 Å². The first kappa shape index (κ1) is 101. The Kier molecular flexibility index (Phi) is 51.3. The fraction of sp³-hybridized carbons (Fsp3) is 0.221. The fourth-order valence-electron chi connectivity index (χ4n) is 7.77. The minimum absolute atomic E-state index is 0. The first-order valence-electron chi connectivity index (χ1n) is 29.8. The van der Waals surface area contributed by atoms with Crippen molar-refractivity contribution in [3.63, 3.8) is 0 Å². The Morgan fingerprint density at radius 2 is 0.641 bits per heavy atom. The zero-order valence-electron chi connectivity index (χ0n) is 58.3. The van der Waals surface area contributed by atoms with E-state index in [1.165, 1.54) is 73.5 Å². The Hall–Kier alpha value is -5.90. The normalized spacial score (nSPS) is 13.7. The Labute approximate surface area is 679 Å². The van der Waals surface area contributed by atoms with E-state index in [1.807, 2.05) is 166 Å². The summed E-state index contributed by atoms with van der Waals surface area (Å²) in [5.74, 6) is 0. The van der Waals surface area contributed by atoms with Crippen LogP contribution in [0.1, 0.15) is 72.6 Å². The molecule has 1 aromatic heterocycles. The molecule has 1 aliphatic carbocycles. The molecule has 5 heterocycles. The quantitative estimate of drug-likeness (QED) is 0.0470. The van der Waals surface area contributed by atoms with Crippen LogP contribution in [0.5, 0.6) is 0 Å². The smallest absolute Gasteiger partial charge is 0.744 e. The van der Waals surface area contributed by atoms with Gasteiger partial charge in [0.2, 0.25) is 6.33 Å². The topological polar surface area (TPSA) is 352 Å². The molecule has 0 saturated heterocycles. The summed E-state index contributed by atoms with van der Waals surface area (Å²) in [7, 11) is -14.3. The van der Waals surface area contributed by atoms with Gasteiger partial charge in [-0.15, -0.1) is 17.9 Å². The maximum Gasteiger partial charge on any atom is 3.00 e. The molecular weight excluding hydrogens is 1810 g/mol. The standard InChI is InChI=1S/3C10H11N2O3S.C10H10N2O3S.C10H10NO3S.C10H12.2C3H8.2CHO.2Ir.2Na/c4*1-11-6-7-12(8-11)9-2-4-10(5-3-9)16(13,14)15;12-15(13,14)10-5-3-9(4-6-10)11-7-1-2-8-11;1-2-4-6-8-10-9-7-5-3-1;2*1-3-2;2*1-2;;;;/h3*2-8H,1H3,(H,13,14,15);2-8H,1H3;1,3-8H,2H2,(H,12,13,14);1,5-6,10H,2,4,7,9H2;2*3H2,1-2H3;2*1H;;;;/q3*-1;;-1;;;;2*-1;;+3;2*+1/p-4. The van der Waals surface area contributed by atoms with Gasteiger partial charge in [0, 0.05) is 42.9 Å². The van der Waals surface area contributed by atoms with Crippen LogP contribution in [0.4, 0.5) is 22.7 Å². The first-order chi connectivity index (χ1) is 46.8. The summed E-state index contributed by atoms with van der Waals surface area (Å²) in [4.78, 5) is 27.4. The van der Waals surface area contributed by atoms with E-state index in [4.69, 9.17) is 9.59 Å². The Balaban J connectivity index is -0.00000113. The fourth-order valence-corrected chi connectivity index (χ4v) is 10.1.